The van der Waals surface area contributed by atoms with E-state index in [0.29, 0.717) is 5.92 Å². The Morgan fingerprint density at radius 2 is 1.94 bits per heavy atom. The lowest BCUT2D eigenvalue weighted by molar-refractivity contribution is -0.112. The van der Waals surface area contributed by atoms with Gasteiger partial charge < -0.3 is 14.4 Å². The van der Waals surface area contributed by atoms with Crippen molar-refractivity contribution in [3.63, 3.8) is 0 Å². The van der Waals surface area contributed by atoms with Gasteiger partial charge in [-0.05, 0) is 50.0 Å². The number of nitrogens with zero attached hydrogens (tertiary/aromatic N) is 1. The maximum atomic E-state index is 10.7. The predicted molar refractivity (Wildman–Crippen MR) is 71.9 cm³/mol. The molecule has 1 saturated heterocycles. The van der Waals surface area contributed by atoms with Crippen molar-refractivity contribution < 1.29 is 9.53 Å². The summed E-state index contributed by atoms with van der Waals surface area (Å²) in [4.78, 5) is 13.1. The third-order valence-corrected chi connectivity index (χ3v) is 3.70. The van der Waals surface area contributed by atoms with Crippen LogP contribution in [-0.2, 0) is 11.2 Å². The van der Waals surface area contributed by atoms with Crippen molar-refractivity contribution >= 4 is 6.29 Å². The summed E-state index contributed by atoms with van der Waals surface area (Å²) in [5.41, 5.74) is 1.34. The van der Waals surface area contributed by atoms with Crippen LogP contribution in [0.5, 0.6) is 5.75 Å². The minimum atomic E-state index is 0.294. The van der Waals surface area contributed by atoms with E-state index in [1.165, 1.54) is 5.56 Å². The number of ether oxygens (including phenoxy) is 1. The highest BCUT2D eigenvalue weighted by Gasteiger charge is 2.17. The third-order valence-electron chi connectivity index (χ3n) is 3.70. The standard InChI is InChI=1S/C15H21NO2/c1-18-15-4-2-13(3-5-15)6-9-16-10-7-14(12-17)8-11-16/h2-5,12,14H,6-11H2,1H3. The minimum Gasteiger partial charge on any atom is -0.497 e. The fraction of sp³-hybridized carbons (Fsp3) is 0.533. The van der Waals surface area contributed by atoms with Crippen molar-refractivity contribution in [2.24, 2.45) is 5.92 Å². The van der Waals surface area contributed by atoms with Crippen molar-refractivity contribution in [1.82, 2.24) is 4.90 Å². The monoisotopic (exact) mass is 247 g/mol. The van der Waals surface area contributed by atoms with E-state index < -0.39 is 0 Å². The van der Waals surface area contributed by atoms with E-state index >= 15 is 0 Å². The largest absolute Gasteiger partial charge is 0.497 e. The topological polar surface area (TPSA) is 29.5 Å². The Labute approximate surface area is 109 Å². The van der Waals surface area contributed by atoms with Crippen LogP contribution in [0.4, 0.5) is 0 Å². The molecule has 1 heterocycles. The first-order valence-corrected chi connectivity index (χ1v) is 6.62. The van der Waals surface area contributed by atoms with Crippen molar-refractivity contribution in [3.05, 3.63) is 29.8 Å². The molecule has 18 heavy (non-hydrogen) atoms. The van der Waals surface area contributed by atoms with Crippen molar-refractivity contribution in [1.29, 1.82) is 0 Å². The van der Waals surface area contributed by atoms with Crippen molar-refractivity contribution in [2.75, 3.05) is 26.7 Å². The number of carbonyl (C=O) groups excluding carboxylic acids is 1. The van der Waals surface area contributed by atoms with Crippen LogP contribution >= 0.6 is 0 Å². The lowest BCUT2D eigenvalue weighted by Crippen LogP contribution is -2.35. The summed E-state index contributed by atoms with van der Waals surface area (Å²) < 4.78 is 5.14. The van der Waals surface area contributed by atoms with Crippen LogP contribution in [0.3, 0.4) is 0 Å². The second-order valence-corrected chi connectivity index (χ2v) is 4.91. The van der Waals surface area contributed by atoms with E-state index in [1.807, 2.05) is 12.1 Å². The molecule has 1 aliphatic rings. The molecule has 2 rings (SSSR count). The third kappa shape index (κ3) is 3.57. The molecule has 0 radical (unpaired) electrons. The van der Waals surface area contributed by atoms with Gasteiger partial charge in [0.05, 0.1) is 7.11 Å². The maximum Gasteiger partial charge on any atom is 0.123 e. The molecule has 0 bridgehead atoms. The van der Waals surface area contributed by atoms with E-state index in [9.17, 15) is 4.79 Å². The van der Waals surface area contributed by atoms with Crippen molar-refractivity contribution in [3.8, 4) is 5.75 Å². The fourth-order valence-electron chi connectivity index (χ4n) is 2.39. The second kappa shape index (κ2) is 6.55. The van der Waals surface area contributed by atoms with Crippen LogP contribution in [0, 0.1) is 5.92 Å². The van der Waals surface area contributed by atoms with Gasteiger partial charge in [-0.25, -0.2) is 0 Å². The Balaban J connectivity index is 1.76. The molecular weight excluding hydrogens is 226 g/mol. The quantitative estimate of drug-likeness (QED) is 0.747. The van der Waals surface area contributed by atoms with Gasteiger partial charge in [-0.15, -0.1) is 0 Å². The van der Waals surface area contributed by atoms with Crippen LogP contribution in [-0.4, -0.2) is 37.9 Å². The van der Waals surface area contributed by atoms with Gasteiger partial charge in [-0.1, -0.05) is 12.1 Å². The molecule has 0 saturated carbocycles. The first-order chi connectivity index (χ1) is 8.81. The molecule has 0 spiro atoms. The fourth-order valence-corrected chi connectivity index (χ4v) is 2.39. The summed E-state index contributed by atoms with van der Waals surface area (Å²) in [7, 11) is 1.69. The molecular formula is C15H21NO2. The molecule has 3 heteroatoms. The minimum absolute atomic E-state index is 0.294. The lowest BCUT2D eigenvalue weighted by atomic mass is 9.98. The zero-order chi connectivity index (χ0) is 12.8. The average Bonchev–Trinajstić information content (AvgIpc) is 2.46. The first-order valence-electron chi connectivity index (χ1n) is 6.62. The number of hydrogen-bond donors (Lipinski definition) is 0. The number of likely N-dealkylation sites (tertiary alicyclic amines) is 1. The molecule has 0 amide bonds. The number of aldehydes is 1. The number of benzene rings is 1. The average molecular weight is 247 g/mol. The van der Waals surface area contributed by atoms with E-state index in [-0.39, 0.29) is 0 Å². The molecule has 0 aromatic heterocycles. The molecule has 1 aliphatic heterocycles. The Morgan fingerprint density at radius 3 is 2.50 bits per heavy atom. The molecule has 1 aromatic rings. The number of rotatable bonds is 5. The number of hydrogen-bond acceptors (Lipinski definition) is 3. The second-order valence-electron chi connectivity index (χ2n) is 4.91. The smallest absolute Gasteiger partial charge is 0.123 e. The SMILES string of the molecule is COc1ccc(CCN2CCC(C=O)CC2)cc1. The van der Waals surface area contributed by atoms with Gasteiger partial charge in [0.25, 0.3) is 0 Å². The van der Waals surface area contributed by atoms with Crippen LogP contribution in [0.15, 0.2) is 24.3 Å². The van der Waals surface area contributed by atoms with Crippen LogP contribution in [0.2, 0.25) is 0 Å². The van der Waals surface area contributed by atoms with E-state index in [4.69, 9.17) is 4.74 Å². The molecule has 0 atom stereocenters. The van der Waals surface area contributed by atoms with E-state index in [1.54, 1.807) is 7.11 Å². The molecule has 1 aromatic carbocycles. The van der Waals surface area contributed by atoms with Crippen molar-refractivity contribution in [2.45, 2.75) is 19.3 Å². The van der Waals surface area contributed by atoms with Gasteiger partial charge in [0.1, 0.15) is 12.0 Å². The number of carbonyl (C=O) groups is 1. The highest BCUT2D eigenvalue weighted by atomic mass is 16.5. The van der Waals surface area contributed by atoms with Gasteiger partial charge in [0.2, 0.25) is 0 Å². The molecule has 98 valence electrons. The lowest BCUT2D eigenvalue weighted by Gasteiger charge is -2.29. The molecule has 3 nitrogen and oxygen atoms in total. The molecule has 0 unspecified atom stereocenters. The van der Waals surface area contributed by atoms with Crippen LogP contribution < -0.4 is 4.74 Å². The van der Waals surface area contributed by atoms with Gasteiger partial charge in [0.15, 0.2) is 0 Å². The Morgan fingerprint density at radius 1 is 1.28 bits per heavy atom. The van der Waals surface area contributed by atoms with Gasteiger partial charge >= 0.3 is 0 Å². The molecule has 0 aliphatic carbocycles. The summed E-state index contributed by atoms with van der Waals surface area (Å²) in [6.07, 6.45) is 4.22. The first kappa shape index (κ1) is 13.1. The summed E-state index contributed by atoms with van der Waals surface area (Å²) >= 11 is 0. The normalized spacial score (nSPS) is 17.6. The highest BCUT2D eigenvalue weighted by molar-refractivity contribution is 5.53. The number of methoxy groups -OCH3 is 1. The zero-order valence-electron chi connectivity index (χ0n) is 11.0. The molecule has 1 fully saturated rings. The van der Waals surface area contributed by atoms with Crippen LogP contribution in [0.25, 0.3) is 0 Å². The Bertz CT molecular complexity index is 367. The highest BCUT2D eigenvalue weighted by Crippen LogP contribution is 2.16. The Kier molecular flexibility index (Phi) is 4.76. The zero-order valence-corrected chi connectivity index (χ0v) is 11.0. The summed E-state index contributed by atoms with van der Waals surface area (Å²) in [6, 6.07) is 8.26. The maximum absolute atomic E-state index is 10.7. The summed E-state index contributed by atoms with van der Waals surface area (Å²) in [6.45, 7) is 3.19. The van der Waals surface area contributed by atoms with Gasteiger partial charge in [-0.3, -0.25) is 0 Å². The van der Waals surface area contributed by atoms with Gasteiger partial charge in [-0.2, -0.15) is 0 Å². The van der Waals surface area contributed by atoms with E-state index in [0.717, 1.165) is 50.9 Å². The molecule has 0 N–H and O–H groups in total. The number of piperidine rings is 1. The predicted octanol–water partition coefficient (Wildman–Crippen LogP) is 2.15. The van der Waals surface area contributed by atoms with E-state index in [2.05, 4.69) is 17.0 Å². The van der Waals surface area contributed by atoms with Gasteiger partial charge in [0, 0.05) is 12.5 Å². The summed E-state index contributed by atoms with van der Waals surface area (Å²) in [5.74, 6) is 1.20. The summed E-state index contributed by atoms with van der Waals surface area (Å²) in [5, 5.41) is 0. The van der Waals surface area contributed by atoms with Crippen LogP contribution in [0.1, 0.15) is 18.4 Å². The Hall–Kier alpha value is -1.35.